The van der Waals surface area contributed by atoms with Crippen LogP contribution in [0.3, 0.4) is 0 Å². The normalized spacial score (nSPS) is 13.3. The van der Waals surface area contributed by atoms with Gasteiger partial charge in [-0.05, 0) is 31.0 Å². The van der Waals surface area contributed by atoms with E-state index in [2.05, 4.69) is 19.7 Å². The van der Waals surface area contributed by atoms with Crippen LogP contribution in [0.4, 0.5) is 0 Å². The van der Waals surface area contributed by atoms with Gasteiger partial charge in [0.25, 0.3) is 0 Å². The highest BCUT2D eigenvalue weighted by Crippen LogP contribution is 2.08. The number of imidazole rings is 1. The smallest absolute Gasteiger partial charge is 0.212 e. The van der Waals surface area contributed by atoms with Gasteiger partial charge in [-0.2, -0.15) is 0 Å². The predicted molar refractivity (Wildman–Crippen MR) is 71.9 cm³/mol. The van der Waals surface area contributed by atoms with Crippen molar-refractivity contribution in [2.45, 2.75) is 19.4 Å². The molecule has 2 aromatic heterocycles. The van der Waals surface area contributed by atoms with Gasteiger partial charge >= 0.3 is 0 Å². The number of H-pyrrole nitrogens is 1. The van der Waals surface area contributed by atoms with E-state index in [1.54, 1.807) is 31.7 Å². The van der Waals surface area contributed by atoms with E-state index in [1.807, 2.05) is 12.1 Å². The number of aryl methyl sites for hydroxylation is 1. The Bertz CT molecular complexity index is 596. The first kappa shape index (κ1) is 13.7. The Morgan fingerprint density at radius 1 is 1.32 bits per heavy atom. The highest BCUT2D eigenvalue weighted by Gasteiger charge is 2.17. The van der Waals surface area contributed by atoms with Crippen molar-refractivity contribution in [3.8, 4) is 0 Å². The summed E-state index contributed by atoms with van der Waals surface area (Å²) in [4.78, 5) is 10.8. The second-order valence-corrected chi connectivity index (χ2v) is 6.11. The van der Waals surface area contributed by atoms with Crippen LogP contribution in [-0.4, -0.2) is 29.1 Å². The second-order valence-electron chi connectivity index (χ2n) is 4.24. The van der Waals surface area contributed by atoms with Gasteiger partial charge in [-0.3, -0.25) is 4.98 Å². The van der Waals surface area contributed by atoms with E-state index in [4.69, 9.17) is 0 Å². The Hall–Kier alpha value is -1.73. The number of pyridine rings is 1. The summed E-state index contributed by atoms with van der Waals surface area (Å²) in [6, 6.07) is 3.26. The van der Waals surface area contributed by atoms with Gasteiger partial charge in [0, 0.05) is 24.8 Å². The molecule has 2 aromatic rings. The second kappa shape index (κ2) is 5.94. The zero-order valence-corrected chi connectivity index (χ0v) is 11.4. The summed E-state index contributed by atoms with van der Waals surface area (Å²) in [5.41, 5.74) is 0.950. The molecule has 2 rings (SSSR count). The molecule has 0 aliphatic rings. The van der Waals surface area contributed by atoms with Crippen molar-refractivity contribution in [2.24, 2.45) is 0 Å². The molecule has 0 aliphatic carbocycles. The number of aromatic amines is 1. The Morgan fingerprint density at radius 3 is 2.68 bits per heavy atom. The van der Waals surface area contributed by atoms with E-state index < -0.39 is 10.0 Å². The summed E-state index contributed by atoms with van der Waals surface area (Å²) in [5.74, 6) is 0.648. The fourth-order valence-electron chi connectivity index (χ4n) is 1.70. The van der Waals surface area contributed by atoms with E-state index in [0.29, 0.717) is 12.2 Å². The molecule has 0 amide bonds. The SMILES string of the molecule is CC(NS(=O)(=O)CCc1ccncc1)c1ncc[nH]1. The molecule has 0 aliphatic heterocycles. The van der Waals surface area contributed by atoms with Crippen LogP contribution in [-0.2, 0) is 16.4 Å². The maximum atomic E-state index is 11.9. The molecule has 102 valence electrons. The molecule has 7 heteroatoms. The first-order chi connectivity index (χ1) is 9.07. The minimum atomic E-state index is -3.34. The number of sulfonamides is 1. The Balaban J connectivity index is 1.92. The molecule has 0 saturated heterocycles. The number of hydrogen-bond acceptors (Lipinski definition) is 4. The summed E-state index contributed by atoms with van der Waals surface area (Å²) < 4.78 is 26.5. The maximum absolute atomic E-state index is 11.9. The highest BCUT2D eigenvalue weighted by atomic mass is 32.2. The molecule has 0 spiro atoms. The average Bonchev–Trinajstić information content (AvgIpc) is 2.91. The molecule has 1 atom stereocenters. The molecular weight excluding hydrogens is 264 g/mol. The average molecular weight is 280 g/mol. The summed E-state index contributed by atoms with van der Waals surface area (Å²) in [5, 5.41) is 0. The largest absolute Gasteiger partial charge is 0.347 e. The molecule has 2 N–H and O–H groups in total. The highest BCUT2D eigenvalue weighted by molar-refractivity contribution is 7.89. The van der Waals surface area contributed by atoms with Gasteiger partial charge in [-0.15, -0.1) is 0 Å². The monoisotopic (exact) mass is 280 g/mol. The fourth-order valence-corrected chi connectivity index (χ4v) is 2.97. The lowest BCUT2D eigenvalue weighted by Gasteiger charge is -2.12. The molecule has 19 heavy (non-hydrogen) atoms. The maximum Gasteiger partial charge on any atom is 0.212 e. The van der Waals surface area contributed by atoms with Crippen molar-refractivity contribution in [2.75, 3.05) is 5.75 Å². The molecule has 0 aromatic carbocycles. The van der Waals surface area contributed by atoms with Crippen molar-refractivity contribution < 1.29 is 8.42 Å². The van der Waals surface area contributed by atoms with E-state index in [9.17, 15) is 8.42 Å². The van der Waals surface area contributed by atoms with E-state index in [0.717, 1.165) is 5.56 Å². The molecule has 2 heterocycles. The van der Waals surface area contributed by atoms with E-state index >= 15 is 0 Å². The summed E-state index contributed by atoms with van der Waals surface area (Å²) >= 11 is 0. The van der Waals surface area contributed by atoms with Crippen molar-refractivity contribution in [1.29, 1.82) is 0 Å². The number of nitrogens with zero attached hydrogens (tertiary/aromatic N) is 2. The molecule has 0 fully saturated rings. The lowest BCUT2D eigenvalue weighted by Crippen LogP contribution is -2.30. The van der Waals surface area contributed by atoms with Crippen LogP contribution in [0.15, 0.2) is 36.9 Å². The van der Waals surface area contributed by atoms with Crippen molar-refractivity contribution >= 4 is 10.0 Å². The number of rotatable bonds is 6. The topological polar surface area (TPSA) is 87.7 Å². The number of nitrogens with one attached hydrogen (secondary N) is 2. The fraction of sp³-hybridized carbons (Fsp3) is 0.333. The van der Waals surface area contributed by atoms with Gasteiger partial charge < -0.3 is 4.98 Å². The number of aromatic nitrogens is 3. The van der Waals surface area contributed by atoms with Crippen LogP contribution >= 0.6 is 0 Å². The Morgan fingerprint density at radius 2 is 2.05 bits per heavy atom. The van der Waals surface area contributed by atoms with Crippen molar-refractivity contribution in [3.05, 3.63) is 48.3 Å². The third-order valence-corrected chi connectivity index (χ3v) is 4.15. The van der Waals surface area contributed by atoms with Crippen LogP contribution in [0.2, 0.25) is 0 Å². The predicted octanol–water partition coefficient (Wildman–Crippen LogP) is 1.03. The minimum absolute atomic E-state index is 0.0437. The summed E-state index contributed by atoms with van der Waals surface area (Å²) in [6.07, 6.45) is 7.03. The minimum Gasteiger partial charge on any atom is -0.347 e. The first-order valence-electron chi connectivity index (χ1n) is 5.95. The zero-order chi connectivity index (χ0) is 13.7. The van der Waals surface area contributed by atoms with Gasteiger partial charge in [0.05, 0.1) is 11.8 Å². The third-order valence-electron chi connectivity index (χ3n) is 2.69. The van der Waals surface area contributed by atoms with Crippen LogP contribution < -0.4 is 4.72 Å². The van der Waals surface area contributed by atoms with Crippen LogP contribution in [0.25, 0.3) is 0 Å². The lowest BCUT2D eigenvalue weighted by atomic mass is 10.2. The van der Waals surface area contributed by atoms with Gasteiger partial charge in [0.15, 0.2) is 0 Å². The van der Waals surface area contributed by atoms with Gasteiger partial charge in [-0.25, -0.2) is 18.1 Å². The summed E-state index contributed by atoms with van der Waals surface area (Å²) in [6.45, 7) is 1.75. The first-order valence-corrected chi connectivity index (χ1v) is 7.60. The van der Waals surface area contributed by atoms with E-state index in [-0.39, 0.29) is 11.8 Å². The van der Waals surface area contributed by atoms with Crippen LogP contribution in [0, 0.1) is 0 Å². The third kappa shape index (κ3) is 4.15. The lowest BCUT2D eigenvalue weighted by molar-refractivity contribution is 0.560. The Labute approximate surface area is 112 Å². The standard InChI is InChI=1S/C12H16N4O2S/c1-10(12-14-7-8-15-12)16-19(17,18)9-4-11-2-5-13-6-3-11/h2-3,5-8,10,16H,4,9H2,1H3,(H,14,15). The van der Waals surface area contributed by atoms with E-state index in [1.165, 1.54) is 0 Å². The molecule has 0 radical (unpaired) electrons. The molecule has 0 saturated carbocycles. The molecular formula is C12H16N4O2S. The van der Waals surface area contributed by atoms with Gasteiger partial charge in [0.2, 0.25) is 10.0 Å². The van der Waals surface area contributed by atoms with Gasteiger partial charge in [0.1, 0.15) is 5.82 Å². The quantitative estimate of drug-likeness (QED) is 0.827. The Kier molecular flexibility index (Phi) is 4.28. The molecule has 0 bridgehead atoms. The molecule has 1 unspecified atom stereocenters. The molecule has 6 nitrogen and oxygen atoms in total. The summed E-state index contributed by atoms with van der Waals surface area (Å²) in [7, 11) is -3.34. The van der Waals surface area contributed by atoms with Crippen LogP contribution in [0.5, 0.6) is 0 Å². The van der Waals surface area contributed by atoms with Crippen LogP contribution in [0.1, 0.15) is 24.4 Å². The van der Waals surface area contributed by atoms with Crippen molar-refractivity contribution in [1.82, 2.24) is 19.7 Å². The number of hydrogen-bond donors (Lipinski definition) is 2. The van der Waals surface area contributed by atoms with Gasteiger partial charge in [-0.1, -0.05) is 0 Å². The van der Waals surface area contributed by atoms with Crippen molar-refractivity contribution in [3.63, 3.8) is 0 Å². The zero-order valence-electron chi connectivity index (χ0n) is 10.6.